The third-order valence-corrected chi connectivity index (χ3v) is 6.11. The summed E-state index contributed by atoms with van der Waals surface area (Å²) in [4.78, 5) is 0. The van der Waals surface area contributed by atoms with Gasteiger partial charge in [0, 0.05) is 11.9 Å². The lowest BCUT2D eigenvalue weighted by atomic mass is 10.0. The fourth-order valence-corrected chi connectivity index (χ4v) is 4.87. The number of rotatable bonds is 3. The molecule has 5 nitrogen and oxygen atoms in total. The van der Waals surface area contributed by atoms with Crippen molar-refractivity contribution < 1.29 is 12.9 Å². The van der Waals surface area contributed by atoms with Gasteiger partial charge in [-0.2, -0.15) is 0 Å². The molecule has 124 valence electrons. The van der Waals surface area contributed by atoms with E-state index in [2.05, 4.69) is 11.2 Å². The molecule has 0 spiro atoms. The lowest BCUT2D eigenvalue weighted by Gasteiger charge is -2.30. The summed E-state index contributed by atoms with van der Waals surface area (Å²) in [6.07, 6.45) is 1.74. The molecular weight excluding hydrogens is 324 g/mol. The first kappa shape index (κ1) is 15.2. The largest absolute Gasteiger partial charge is 0.356 e. The molecule has 1 aliphatic heterocycles. The van der Waals surface area contributed by atoms with Crippen LogP contribution in [0.1, 0.15) is 23.2 Å². The summed E-state index contributed by atoms with van der Waals surface area (Å²) in [5.41, 5.74) is 4.10. The standard InChI is InChI=1S/C18H18N2O3S/c1-13-8-9-17-14(11-13)5-4-10-20(17)24(21,22)12-16-15-6-2-3-7-18(15)23-19-16/h2-3,6-9,11H,4-5,10,12H2,1H3. The molecule has 24 heavy (non-hydrogen) atoms. The number of para-hydroxylation sites is 1. The first-order valence-corrected chi connectivity index (χ1v) is 9.59. The minimum absolute atomic E-state index is 0.155. The van der Waals surface area contributed by atoms with Crippen LogP contribution in [0.3, 0.4) is 0 Å². The van der Waals surface area contributed by atoms with Crippen molar-refractivity contribution in [3.8, 4) is 0 Å². The topological polar surface area (TPSA) is 63.4 Å². The highest BCUT2D eigenvalue weighted by Gasteiger charge is 2.29. The van der Waals surface area contributed by atoms with E-state index in [4.69, 9.17) is 4.52 Å². The van der Waals surface area contributed by atoms with Crippen molar-refractivity contribution in [3.63, 3.8) is 0 Å². The Balaban J connectivity index is 1.71. The fraction of sp³-hybridized carbons (Fsp3) is 0.278. The zero-order valence-corrected chi connectivity index (χ0v) is 14.2. The maximum atomic E-state index is 13.0. The summed E-state index contributed by atoms with van der Waals surface area (Å²) in [5, 5.41) is 4.72. The number of aromatic nitrogens is 1. The molecular formula is C18H18N2O3S. The van der Waals surface area contributed by atoms with E-state index in [0.717, 1.165) is 35.0 Å². The summed E-state index contributed by atoms with van der Waals surface area (Å²) >= 11 is 0. The first-order valence-electron chi connectivity index (χ1n) is 7.98. The molecule has 1 aliphatic rings. The molecule has 1 aromatic heterocycles. The maximum Gasteiger partial charge on any atom is 0.241 e. The molecule has 4 rings (SSSR count). The van der Waals surface area contributed by atoms with Crippen LogP contribution in [0.5, 0.6) is 0 Å². The number of benzene rings is 2. The summed E-state index contributed by atoms with van der Waals surface area (Å²) in [6, 6.07) is 13.3. The van der Waals surface area contributed by atoms with Gasteiger partial charge in [0.15, 0.2) is 5.58 Å². The second kappa shape index (κ2) is 5.63. The molecule has 0 saturated heterocycles. The SMILES string of the molecule is Cc1ccc2c(c1)CCCN2S(=O)(=O)Cc1noc2ccccc12. The number of aryl methyl sites for hydroxylation is 2. The van der Waals surface area contributed by atoms with E-state index in [1.165, 1.54) is 4.31 Å². The number of hydrogen-bond acceptors (Lipinski definition) is 4. The lowest BCUT2D eigenvalue weighted by molar-refractivity contribution is 0.448. The molecule has 0 unspecified atom stereocenters. The zero-order chi connectivity index (χ0) is 16.7. The van der Waals surface area contributed by atoms with E-state index < -0.39 is 10.0 Å². The Bertz CT molecular complexity index is 1010. The Kier molecular flexibility index (Phi) is 3.57. The molecule has 0 N–H and O–H groups in total. The Morgan fingerprint density at radius 3 is 2.92 bits per heavy atom. The summed E-state index contributed by atoms with van der Waals surface area (Å²) in [6.45, 7) is 2.53. The van der Waals surface area contributed by atoms with E-state index in [-0.39, 0.29) is 5.75 Å². The van der Waals surface area contributed by atoms with Gasteiger partial charge in [0.1, 0.15) is 11.4 Å². The van der Waals surface area contributed by atoms with Gasteiger partial charge in [0.05, 0.1) is 5.69 Å². The van der Waals surface area contributed by atoms with Crippen molar-refractivity contribution >= 4 is 26.7 Å². The second-order valence-electron chi connectivity index (χ2n) is 6.19. The molecule has 0 bridgehead atoms. The number of sulfonamides is 1. The molecule has 0 amide bonds. The van der Waals surface area contributed by atoms with Crippen LogP contribution < -0.4 is 4.31 Å². The highest BCUT2D eigenvalue weighted by molar-refractivity contribution is 7.92. The van der Waals surface area contributed by atoms with E-state index in [1.54, 1.807) is 6.07 Å². The third kappa shape index (κ3) is 2.57. The Morgan fingerprint density at radius 2 is 2.04 bits per heavy atom. The van der Waals surface area contributed by atoms with Crippen LogP contribution in [0, 0.1) is 6.92 Å². The van der Waals surface area contributed by atoms with Crippen LogP contribution >= 0.6 is 0 Å². The van der Waals surface area contributed by atoms with Gasteiger partial charge in [-0.3, -0.25) is 4.31 Å². The van der Waals surface area contributed by atoms with Gasteiger partial charge in [-0.1, -0.05) is 35.0 Å². The quantitative estimate of drug-likeness (QED) is 0.732. The van der Waals surface area contributed by atoms with E-state index in [1.807, 2.05) is 37.3 Å². The van der Waals surface area contributed by atoms with Gasteiger partial charge in [0.2, 0.25) is 10.0 Å². The van der Waals surface area contributed by atoms with Gasteiger partial charge in [-0.05, 0) is 43.5 Å². The Hall–Kier alpha value is -2.34. The summed E-state index contributed by atoms with van der Waals surface area (Å²) < 4.78 is 32.7. The zero-order valence-electron chi connectivity index (χ0n) is 13.4. The highest BCUT2D eigenvalue weighted by Crippen LogP contribution is 2.32. The van der Waals surface area contributed by atoms with Gasteiger partial charge in [0.25, 0.3) is 0 Å². The number of fused-ring (bicyclic) bond motifs is 2. The average molecular weight is 342 g/mol. The van der Waals surface area contributed by atoms with E-state index >= 15 is 0 Å². The summed E-state index contributed by atoms with van der Waals surface area (Å²) in [5.74, 6) is -0.155. The molecule has 0 radical (unpaired) electrons. The van der Waals surface area contributed by atoms with Crippen LogP contribution in [0.4, 0.5) is 5.69 Å². The number of anilines is 1. The Labute approximate surface area is 140 Å². The van der Waals surface area contributed by atoms with Crippen molar-refractivity contribution in [2.75, 3.05) is 10.8 Å². The van der Waals surface area contributed by atoms with Crippen LogP contribution in [0.25, 0.3) is 11.0 Å². The van der Waals surface area contributed by atoms with Gasteiger partial charge >= 0.3 is 0 Å². The van der Waals surface area contributed by atoms with E-state index in [0.29, 0.717) is 17.8 Å². The average Bonchev–Trinajstić information content (AvgIpc) is 2.96. The third-order valence-electron chi connectivity index (χ3n) is 4.42. The van der Waals surface area contributed by atoms with Crippen molar-refractivity contribution in [2.45, 2.75) is 25.5 Å². The lowest BCUT2D eigenvalue weighted by Crippen LogP contribution is -2.36. The van der Waals surface area contributed by atoms with Crippen molar-refractivity contribution in [1.29, 1.82) is 0 Å². The predicted molar refractivity (Wildman–Crippen MR) is 93.5 cm³/mol. The smallest absolute Gasteiger partial charge is 0.241 e. The molecule has 0 atom stereocenters. The van der Waals surface area contributed by atoms with Crippen LogP contribution in [-0.2, 0) is 22.2 Å². The molecule has 6 heteroatoms. The molecule has 0 saturated carbocycles. The number of hydrogen-bond donors (Lipinski definition) is 0. The van der Waals surface area contributed by atoms with Crippen molar-refractivity contribution in [2.24, 2.45) is 0 Å². The van der Waals surface area contributed by atoms with Crippen molar-refractivity contribution in [1.82, 2.24) is 5.16 Å². The summed E-state index contributed by atoms with van der Waals surface area (Å²) in [7, 11) is -3.51. The van der Waals surface area contributed by atoms with E-state index in [9.17, 15) is 8.42 Å². The molecule has 3 aromatic rings. The first-order chi connectivity index (χ1) is 11.5. The number of nitrogens with zero attached hydrogens (tertiary/aromatic N) is 2. The minimum atomic E-state index is -3.51. The molecule has 0 fully saturated rings. The fourth-order valence-electron chi connectivity index (χ4n) is 3.27. The van der Waals surface area contributed by atoms with Gasteiger partial charge < -0.3 is 4.52 Å². The molecule has 2 aromatic carbocycles. The monoisotopic (exact) mass is 342 g/mol. The molecule has 2 heterocycles. The Morgan fingerprint density at radius 1 is 1.21 bits per heavy atom. The van der Waals surface area contributed by atoms with Crippen molar-refractivity contribution in [3.05, 3.63) is 59.3 Å². The second-order valence-corrected chi connectivity index (χ2v) is 8.08. The highest BCUT2D eigenvalue weighted by atomic mass is 32.2. The van der Waals surface area contributed by atoms with Gasteiger partial charge in [-0.15, -0.1) is 0 Å². The normalized spacial score (nSPS) is 14.8. The van der Waals surface area contributed by atoms with Gasteiger partial charge in [-0.25, -0.2) is 8.42 Å². The minimum Gasteiger partial charge on any atom is -0.356 e. The predicted octanol–water partition coefficient (Wildman–Crippen LogP) is 3.42. The van der Waals surface area contributed by atoms with Crippen LogP contribution in [0.2, 0.25) is 0 Å². The van der Waals surface area contributed by atoms with Crippen LogP contribution in [0.15, 0.2) is 47.0 Å². The van der Waals surface area contributed by atoms with Crippen LogP contribution in [-0.4, -0.2) is 20.1 Å². The maximum absolute atomic E-state index is 13.0. The molecule has 0 aliphatic carbocycles.